The molecule has 2 saturated carbocycles. The standard InChI is InChI=1S/C20H25NO4/c1-4-25-13-7-5-12(6-8-13)21-19(22)17-14-9-10-15(16(14)11(2)3)18(17)20(23)24/h5-8,14-15,17-18H,4,9-10H2,1-3H3,(H,21,22)(H,23,24)/t14-,15-,17+,18+/m0/s1. The van der Waals surface area contributed by atoms with Crippen molar-refractivity contribution in [3.05, 3.63) is 35.4 Å². The van der Waals surface area contributed by atoms with Crippen molar-refractivity contribution in [1.82, 2.24) is 0 Å². The minimum Gasteiger partial charge on any atom is -0.494 e. The number of rotatable bonds is 5. The van der Waals surface area contributed by atoms with Gasteiger partial charge in [-0.05, 0) is 69.7 Å². The predicted octanol–water partition coefficient (Wildman–Crippen LogP) is 3.72. The minimum atomic E-state index is -0.863. The van der Waals surface area contributed by atoms with Crippen LogP contribution in [0.15, 0.2) is 35.4 Å². The molecule has 1 aromatic rings. The van der Waals surface area contributed by atoms with Crippen molar-refractivity contribution in [2.75, 3.05) is 11.9 Å². The smallest absolute Gasteiger partial charge is 0.307 e. The molecule has 25 heavy (non-hydrogen) atoms. The van der Waals surface area contributed by atoms with Crippen LogP contribution in [0.25, 0.3) is 0 Å². The lowest BCUT2D eigenvalue weighted by Crippen LogP contribution is -2.37. The Balaban J connectivity index is 1.81. The van der Waals surface area contributed by atoms with Crippen molar-refractivity contribution < 1.29 is 19.4 Å². The summed E-state index contributed by atoms with van der Waals surface area (Å²) >= 11 is 0. The maximum atomic E-state index is 12.9. The molecule has 0 unspecified atom stereocenters. The van der Waals surface area contributed by atoms with Gasteiger partial charge in [0, 0.05) is 5.69 Å². The van der Waals surface area contributed by atoms with E-state index in [0.29, 0.717) is 12.3 Å². The molecular weight excluding hydrogens is 318 g/mol. The number of ether oxygens (including phenoxy) is 1. The molecule has 0 heterocycles. The normalized spacial score (nSPS) is 27.2. The van der Waals surface area contributed by atoms with Gasteiger partial charge in [0.1, 0.15) is 5.75 Å². The molecule has 2 N–H and O–H groups in total. The molecule has 3 rings (SSSR count). The van der Waals surface area contributed by atoms with Crippen molar-refractivity contribution in [2.45, 2.75) is 33.6 Å². The number of benzene rings is 1. The average Bonchev–Trinajstić information content (AvgIpc) is 3.13. The molecule has 2 aliphatic rings. The number of carbonyl (C=O) groups is 2. The Bertz CT molecular complexity index is 703. The molecule has 0 spiro atoms. The molecule has 4 atom stereocenters. The van der Waals surface area contributed by atoms with Crippen molar-refractivity contribution >= 4 is 17.6 Å². The first-order valence-corrected chi connectivity index (χ1v) is 8.87. The van der Waals surface area contributed by atoms with Gasteiger partial charge < -0.3 is 15.2 Å². The summed E-state index contributed by atoms with van der Waals surface area (Å²) in [7, 11) is 0. The van der Waals surface area contributed by atoms with Crippen LogP contribution in [0.3, 0.4) is 0 Å². The molecule has 2 aliphatic carbocycles. The first-order chi connectivity index (χ1) is 11.9. The first kappa shape index (κ1) is 17.5. The van der Waals surface area contributed by atoms with Crippen molar-refractivity contribution in [3.8, 4) is 5.75 Å². The summed E-state index contributed by atoms with van der Waals surface area (Å²) in [6.07, 6.45) is 1.77. The Morgan fingerprint density at radius 1 is 1.12 bits per heavy atom. The van der Waals surface area contributed by atoms with E-state index >= 15 is 0 Å². The predicted molar refractivity (Wildman–Crippen MR) is 95.4 cm³/mol. The molecule has 5 nitrogen and oxygen atoms in total. The van der Waals surface area contributed by atoms with Gasteiger partial charge in [-0.2, -0.15) is 0 Å². The van der Waals surface area contributed by atoms with E-state index in [0.717, 1.165) is 24.2 Å². The molecule has 2 bridgehead atoms. The summed E-state index contributed by atoms with van der Waals surface area (Å²) in [5.41, 5.74) is 3.02. The summed E-state index contributed by atoms with van der Waals surface area (Å²) in [5.74, 6) is -1.36. The Morgan fingerprint density at radius 3 is 2.24 bits per heavy atom. The minimum absolute atomic E-state index is 0.00331. The van der Waals surface area contributed by atoms with E-state index in [1.807, 2.05) is 20.8 Å². The lowest BCUT2D eigenvalue weighted by atomic mass is 9.78. The Kier molecular flexibility index (Phi) is 4.84. The molecule has 2 fully saturated rings. The highest BCUT2D eigenvalue weighted by atomic mass is 16.5. The number of anilines is 1. The third-order valence-electron chi connectivity index (χ3n) is 5.44. The number of fused-ring (bicyclic) bond motifs is 2. The number of allylic oxidation sites excluding steroid dienone is 2. The van der Waals surface area contributed by atoms with E-state index in [9.17, 15) is 14.7 Å². The van der Waals surface area contributed by atoms with Gasteiger partial charge in [0.2, 0.25) is 5.91 Å². The zero-order valence-electron chi connectivity index (χ0n) is 14.9. The Morgan fingerprint density at radius 2 is 1.72 bits per heavy atom. The second kappa shape index (κ2) is 6.90. The molecule has 1 amide bonds. The average molecular weight is 343 g/mol. The molecular formula is C20H25NO4. The molecule has 0 radical (unpaired) electrons. The van der Waals surface area contributed by atoms with E-state index in [1.165, 1.54) is 5.57 Å². The number of carbonyl (C=O) groups excluding carboxylic acids is 1. The number of hydrogen-bond acceptors (Lipinski definition) is 3. The molecule has 0 aromatic heterocycles. The highest BCUT2D eigenvalue weighted by Gasteiger charge is 2.57. The van der Waals surface area contributed by atoms with Gasteiger partial charge in [0.15, 0.2) is 0 Å². The lowest BCUT2D eigenvalue weighted by molar-refractivity contribution is -0.148. The van der Waals surface area contributed by atoms with Gasteiger partial charge in [-0.25, -0.2) is 0 Å². The molecule has 1 aromatic carbocycles. The van der Waals surface area contributed by atoms with E-state index in [1.54, 1.807) is 24.3 Å². The molecule has 134 valence electrons. The summed E-state index contributed by atoms with van der Waals surface area (Å²) in [4.78, 5) is 24.7. The van der Waals surface area contributed by atoms with Crippen molar-refractivity contribution in [3.63, 3.8) is 0 Å². The summed E-state index contributed by atoms with van der Waals surface area (Å²) < 4.78 is 5.40. The fourth-order valence-corrected chi connectivity index (χ4v) is 4.63. The fourth-order valence-electron chi connectivity index (χ4n) is 4.63. The fraction of sp³-hybridized carbons (Fsp3) is 0.500. The highest BCUT2D eigenvalue weighted by molar-refractivity contribution is 5.96. The van der Waals surface area contributed by atoms with Crippen molar-refractivity contribution in [1.29, 1.82) is 0 Å². The van der Waals surface area contributed by atoms with Crippen LogP contribution in [-0.2, 0) is 9.59 Å². The quantitative estimate of drug-likeness (QED) is 0.799. The van der Waals surface area contributed by atoms with E-state index in [2.05, 4.69) is 5.32 Å². The van der Waals surface area contributed by atoms with Crippen molar-refractivity contribution in [2.24, 2.45) is 23.7 Å². The maximum Gasteiger partial charge on any atom is 0.307 e. The molecule has 0 saturated heterocycles. The number of aliphatic carboxylic acids is 1. The third-order valence-corrected chi connectivity index (χ3v) is 5.44. The van der Waals surface area contributed by atoms with Gasteiger partial charge in [-0.3, -0.25) is 9.59 Å². The number of carboxylic acids is 1. The second-order valence-corrected chi connectivity index (χ2v) is 7.08. The van der Waals surface area contributed by atoms with Crippen LogP contribution in [-0.4, -0.2) is 23.6 Å². The van der Waals surface area contributed by atoms with Crippen LogP contribution >= 0.6 is 0 Å². The summed E-state index contributed by atoms with van der Waals surface area (Å²) in [6.45, 7) is 6.54. The van der Waals surface area contributed by atoms with Crippen LogP contribution < -0.4 is 10.1 Å². The van der Waals surface area contributed by atoms with Gasteiger partial charge in [0.25, 0.3) is 0 Å². The maximum absolute atomic E-state index is 12.9. The van der Waals surface area contributed by atoms with Crippen LogP contribution in [0, 0.1) is 23.7 Å². The summed E-state index contributed by atoms with van der Waals surface area (Å²) in [5, 5.41) is 12.6. The van der Waals surface area contributed by atoms with E-state index in [-0.39, 0.29) is 17.7 Å². The Hall–Kier alpha value is -2.30. The second-order valence-electron chi connectivity index (χ2n) is 7.08. The number of carboxylic acid groups (broad SMARTS) is 1. The van der Waals surface area contributed by atoms with Gasteiger partial charge in [-0.15, -0.1) is 0 Å². The Labute approximate surface area is 148 Å². The summed E-state index contributed by atoms with van der Waals surface area (Å²) in [6, 6.07) is 7.17. The molecule has 5 heteroatoms. The zero-order chi connectivity index (χ0) is 18.1. The van der Waals surface area contributed by atoms with Gasteiger partial charge in [0.05, 0.1) is 18.4 Å². The largest absolute Gasteiger partial charge is 0.494 e. The van der Waals surface area contributed by atoms with E-state index in [4.69, 9.17) is 4.74 Å². The topological polar surface area (TPSA) is 75.6 Å². The first-order valence-electron chi connectivity index (χ1n) is 8.87. The lowest BCUT2D eigenvalue weighted by Gasteiger charge is -2.26. The zero-order valence-corrected chi connectivity index (χ0v) is 14.9. The van der Waals surface area contributed by atoms with E-state index < -0.39 is 17.8 Å². The van der Waals surface area contributed by atoms with Crippen LogP contribution in [0.5, 0.6) is 5.75 Å². The third kappa shape index (κ3) is 3.15. The number of hydrogen-bond donors (Lipinski definition) is 2. The van der Waals surface area contributed by atoms with Crippen LogP contribution in [0.2, 0.25) is 0 Å². The number of nitrogens with one attached hydrogen (secondary N) is 1. The van der Waals surface area contributed by atoms with Gasteiger partial charge >= 0.3 is 5.97 Å². The van der Waals surface area contributed by atoms with Crippen LogP contribution in [0.1, 0.15) is 33.6 Å². The SMILES string of the molecule is CCOc1ccc(NC(=O)[C@H]2[C@H](C(=O)O)[C@H]3CC[C@H]2C3=C(C)C)cc1. The monoisotopic (exact) mass is 343 g/mol. The number of amides is 1. The highest BCUT2D eigenvalue weighted by Crippen LogP contribution is 2.57. The van der Waals surface area contributed by atoms with Gasteiger partial charge in [-0.1, -0.05) is 11.1 Å². The molecule has 0 aliphatic heterocycles. The van der Waals surface area contributed by atoms with Crippen LogP contribution in [0.4, 0.5) is 5.69 Å².